The van der Waals surface area contributed by atoms with Gasteiger partial charge in [0.1, 0.15) is 5.25 Å². The summed E-state index contributed by atoms with van der Waals surface area (Å²) in [5.41, 5.74) is 1.94. The molecule has 3 aromatic rings. The molecule has 2 aromatic heterocycles. The molecule has 1 N–H and O–H groups in total. The maximum atomic E-state index is 12.2. The van der Waals surface area contributed by atoms with Gasteiger partial charge in [-0.25, -0.2) is 0 Å². The van der Waals surface area contributed by atoms with E-state index in [4.69, 9.17) is 0 Å². The minimum atomic E-state index is -0.825. The first-order chi connectivity index (χ1) is 11.9. The standard InChI is InChI=1S/C17H19N5O2S/c1-10(23)14(16(24)21(2)3)25-17-20-19-15(22(17)4)12-9-18-13-8-6-5-7-11(12)13/h5-9,14,18H,1-4H3. The average molecular weight is 357 g/mol. The van der Waals surface area contributed by atoms with Gasteiger partial charge in [-0.3, -0.25) is 9.59 Å². The lowest BCUT2D eigenvalue weighted by Crippen LogP contribution is -2.36. The smallest absolute Gasteiger partial charge is 0.243 e. The summed E-state index contributed by atoms with van der Waals surface area (Å²) in [6.07, 6.45) is 1.89. The van der Waals surface area contributed by atoms with E-state index in [1.165, 1.54) is 11.8 Å². The fourth-order valence-corrected chi connectivity index (χ4v) is 3.58. The highest BCUT2D eigenvalue weighted by Crippen LogP contribution is 2.30. The SMILES string of the molecule is CC(=O)C(Sc1nnc(-c2c[nH]c3ccccc23)n1C)C(=O)N(C)C. The van der Waals surface area contributed by atoms with E-state index in [0.717, 1.165) is 28.2 Å². The largest absolute Gasteiger partial charge is 0.360 e. The first kappa shape index (κ1) is 17.2. The number of nitrogens with one attached hydrogen (secondary N) is 1. The van der Waals surface area contributed by atoms with Crippen LogP contribution in [0.25, 0.3) is 22.3 Å². The van der Waals surface area contributed by atoms with Crippen LogP contribution in [0.1, 0.15) is 6.92 Å². The second-order valence-corrected chi connectivity index (χ2v) is 7.03. The first-order valence-corrected chi connectivity index (χ1v) is 8.62. The maximum Gasteiger partial charge on any atom is 0.243 e. The summed E-state index contributed by atoms with van der Waals surface area (Å²) < 4.78 is 1.80. The van der Waals surface area contributed by atoms with Gasteiger partial charge in [0.25, 0.3) is 0 Å². The van der Waals surface area contributed by atoms with E-state index < -0.39 is 5.25 Å². The number of aromatic amines is 1. The number of carbonyl (C=O) groups excluding carboxylic acids is 2. The highest BCUT2D eigenvalue weighted by molar-refractivity contribution is 8.01. The Morgan fingerprint density at radius 1 is 1.24 bits per heavy atom. The molecule has 0 radical (unpaired) electrons. The molecule has 0 bridgehead atoms. The highest BCUT2D eigenvalue weighted by atomic mass is 32.2. The average Bonchev–Trinajstić information content (AvgIpc) is 3.15. The molecular formula is C17H19N5O2S. The van der Waals surface area contributed by atoms with Crippen LogP contribution in [0.15, 0.2) is 35.6 Å². The quantitative estimate of drug-likeness (QED) is 0.558. The molecule has 8 heteroatoms. The highest BCUT2D eigenvalue weighted by Gasteiger charge is 2.28. The van der Waals surface area contributed by atoms with Crippen LogP contribution in [0.3, 0.4) is 0 Å². The Bertz CT molecular complexity index is 944. The molecule has 1 aromatic carbocycles. The van der Waals surface area contributed by atoms with Gasteiger partial charge in [-0.1, -0.05) is 30.0 Å². The van der Waals surface area contributed by atoms with Crippen LogP contribution in [0.2, 0.25) is 0 Å². The molecule has 130 valence electrons. The Hall–Kier alpha value is -2.61. The number of H-pyrrole nitrogens is 1. The fraction of sp³-hybridized carbons (Fsp3) is 0.294. The van der Waals surface area contributed by atoms with Crippen molar-refractivity contribution in [1.29, 1.82) is 0 Å². The van der Waals surface area contributed by atoms with Crippen molar-refractivity contribution in [2.24, 2.45) is 7.05 Å². The van der Waals surface area contributed by atoms with Gasteiger partial charge >= 0.3 is 0 Å². The summed E-state index contributed by atoms with van der Waals surface area (Å²) in [5, 5.41) is 9.18. The number of aromatic nitrogens is 4. The third-order valence-corrected chi connectivity index (χ3v) is 5.26. The normalized spacial score (nSPS) is 12.3. The number of rotatable bonds is 5. The van der Waals surface area contributed by atoms with Gasteiger partial charge in [0, 0.05) is 43.8 Å². The molecule has 1 atom stereocenters. The third kappa shape index (κ3) is 3.17. The van der Waals surface area contributed by atoms with Crippen molar-refractivity contribution >= 4 is 34.4 Å². The second-order valence-electron chi connectivity index (χ2n) is 5.95. The van der Waals surface area contributed by atoms with Gasteiger partial charge in [0.05, 0.1) is 0 Å². The molecule has 0 spiro atoms. The van der Waals surface area contributed by atoms with Gasteiger partial charge in [0.15, 0.2) is 16.8 Å². The van der Waals surface area contributed by atoms with Crippen LogP contribution in [0.5, 0.6) is 0 Å². The van der Waals surface area contributed by atoms with E-state index in [1.54, 1.807) is 18.7 Å². The number of Topliss-reactive ketones (excluding diaryl/α,β-unsaturated/α-hetero) is 1. The molecule has 0 saturated heterocycles. The third-order valence-electron chi connectivity index (χ3n) is 3.92. The zero-order valence-electron chi connectivity index (χ0n) is 14.5. The number of carbonyl (C=O) groups is 2. The lowest BCUT2D eigenvalue weighted by atomic mass is 10.1. The van der Waals surface area contributed by atoms with E-state index >= 15 is 0 Å². The lowest BCUT2D eigenvalue weighted by Gasteiger charge is -2.17. The Balaban J connectivity index is 1.96. The van der Waals surface area contributed by atoms with Crippen LogP contribution in [-0.4, -0.2) is 55.7 Å². The van der Waals surface area contributed by atoms with Crippen molar-refractivity contribution in [3.05, 3.63) is 30.5 Å². The van der Waals surface area contributed by atoms with Crippen LogP contribution < -0.4 is 0 Å². The Kier molecular flexibility index (Phi) is 4.63. The van der Waals surface area contributed by atoms with Gasteiger partial charge in [-0.05, 0) is 13.0 Å². The number of amides is 1. The van der Waals surface area contributed by atoms with E-state index in [0.29, 0.717) is 11.0 Å². The van der Waals surface area contributed by atoms with Crippen molar-refractivity contribution in [2.45, 2.75) is 17.3 Å². The van der Waals surface area contributed by atoms with Gasteiger partial charge in [-0.2, -0.15) is 0 Å². The summed E-state index contributed by atoms with van der Waals surface area (Å²) in [5.74, 6) is 0.217. The summed E-state index contributed by atoms with van der Waals surface area (Å²) >= 11 is 1.12. The van der Waals surface area contributed by atoms with Crippen molar-refractivity contribution in [2.75, 3.05) is 14.1 Å². The van der Waals surface area contributed by atoms with E-state index in [2.05, 4.69) is 15.2 Å². The predicted molar refractivity (Wildman–Crippen MR) is 97.3 cm³/mol. The van der Waals surface area contributed by atoms with E-state index in [1.807, 2.05) is 37.5 Å². The fourth-order valence-electron chi connectivity index (χ4n) is 2.56. The van der Waals surface area contributed by atoms with Crippen LogP contribution in [-0.2, 0) is 16.6 Å². The van der Waals surface area contributed by atoms with E-state index in [-0.39, 0.29) is 11.7 Å². The van der Waals surface area contributed by atoms with Crippen LogP contribution in [0.4, 0.5) is 0 Å². The number of benzene rings is 1. The van der Waals surface area contributed by atoms with Gasteiger partial charge in [0.2, 0.25) is 5.91 Å². The molecular weight excluding hydrogens is 338 g/mol. The molecule has 2 heterocycles. The zero-order chi connectivity index (χ0) is 18.1. The molecule has 1 unspecified atom stereocenters. The Labute approximate surface area is 149 Å². The molecule has 0 saturated carbocycles. The monoisotopic (exact) mass is 357 g/mol. The van der Waals surface area contributed by atoms with Gasteiger partial charge < -0.3 is 14.5 Å². The molecule has 3 rings (SSSR count). The lowest BCUT2D eigenvalue weighted by molar-refractivity contribution is -0.132. The molecule has 1 amide bonds. The number of thioether (sulfide) groups is 1. The molecule has 0 aliphatic rings. The van der Waals surface area contributed by atoms with Crippen LogP contribution in [0, 0.1) is 0 Å². The first-order valence-electron chi connectivity index (χ1n) is 7.74. The summed E-state index contributed by atoms with van der Waals surface area (Å²) in [6, 6.07) is 7.93. The molecule has 0 aliphatic heterocycles. The molecule has 25 heavy (non-hydrogen) atoms. The minimum absolute atomic E-state index is 0.208. The molecule has 7 nitrogen and oxygen atoms in total. The minimum Gasteiger partial charge on any atom is -0.360 e. The second kappa shape index (κ2) is 6.72. The summed E-state index contributed by atoms with van der Waals surface area (Å²) in [7, 11) is 5.09. The summed E-state index contributed by atoms with van der Waals surface area (Å²) in [4.78, 5) is 28.7. The number of hydrogen-bond donors (Lipinski definition) is 1. The molecule has 0 aliphatic carbocycles. The van der Waals surface area contributed by atoms with Crippen molar-refractivity contribution in [1.82, 2.24) is 24.6 Å². The maximum absolute atomic E-state index is 12.2. The van der Waals surface area contributed by atoms with Crippen molar-refractivity contribution in [3.8, 4) is 11.4 Å². The topological polar surface area (TPSA) is 83.9 Å². The number of fused-ring (bicyclic) bond motifs is 1. The number of hydrogen-bond acceptors (Lipinski definition) is 5. The zero-order valence-corrected chi connectivity index (χ0v) is 15.3. The number of para-hydroxylation sites is 1. The van der Waals surface area contributed by atoms with Crippen molar-refractivity contribution in [3.63, 3.8) is 0 Å². The Morgan fingerprint density at radius 2 is 1.96 bits per heavy atom. The number of nitrogens with zero attached hydrogens (tertiary/aromatic N) is 4. The number of ketones is 1. The Morgan fingerprint density at radius 3 is 2.64 bits per heavy atom. The predicted octanol–water partition coefficient (Wildman–Crippen LogP) is 2.10. The molecule has 0 fully saturated rings. The van der Waals surface area contributed by atoms with Crippen LogP contribution >= 0.6 is 11.8 Å². The van der Waals surface area contributed by atoms with Crippen molar-refractivity contribution < 1.29 is 9.59 Å². The van der Waals surface area contributed by atoms with Gasteiger partial charge in [-0.15, -0.1) is 10.2 Å². The van der Waals surface area contributed by atoms with E-state index in [9.17, 15) is 9.59 Å². The summed E-state index contributed by atoms with van der Waals surface area (Å²) in [6.45, 7) is 1.41.